The second kappa shape index (κ2) is 6.49. The number of rotatable bonds is 1. The Labute approximate surface area is 149 Å². The molecule has 0 bridgehead atoms. The summed E-state index contributed by atoms with van der Waals surface area (Å²) in [6.07, 6.45) is 5.63. The van der Waals surface area contributed by atoms with E-state index >= 15 is 0 Å². The summed E-state index contributed by atoms with van der Waals surface area (Å²) in [4.78, 5) is 5.89. The Morgan fingerprint density at radius 2 is 1.80 bits per heavy atom. The highest BCUT2D eigenvalue weighted by atomic mass is 16.7. The normalized spacial score (nSPS) is 23.4. The van der Waals surface area contributed by atoms with Crippen LogP contribution in [0.2, 0.25) is 0 Å². The fourth-order valence-corrected chi connectivity index (χ4v) is 3.74. The predicted molar refractivity (Wildman–Crippen MR) is 95.5 cm³/mol. The fraction of sp³-hybridized carbons (Fsp3) is 0.524. The third-order valence-electron chi connectivity index (χ3n) is 5.34. The third-order valence-corrected chi connectivity index (χ3v) is 5.34. The van der Waals surface area contributed by atoms with Crippen LogP contribution in [0, 0.1) is 11.8 Å². The molecule has 0 atom stereocenters. The number of hydrogen-bond acceptors (Lipinski definition) is 4. The summed E-state index contributed by atoms with van der Waals surface area (Å²) in [6.45, 7) is 5.79. The van der Waals surface area contributed by atoms with Crippen molar-refractivity contribution in [3.63, 3.8) is 0 Å². The highest BCUT2D eigenvalue weighted by Gasteiger charge is 2.48. The van der Waals surface area contributed by atoms with Crippen molar-refractivity contribution in [2.24, 2.45) is 0 Å². The van der Waals surface area contributed by atoms with E-state index in [2.05, 4.69) is 55.4 Å². The average molecular weight is 339 g/mol. The molecule has 0 amide bonds. The van der Waals surface area contributed by atoms with Gasteiger partial charge in [-0.15, -0.1) is 0 Å². The van der Waals surface area contributed by atoms with Gasteiger partial charge in [-0.25, -0.2) is 0 Å². The molecular weight excluding hydrogens is 314 g/mol. The minimum atomic E-state index is -0.367. The van der Waals surface area contributed by atoms with Crippen molar-refractivity contribution in [2.75, 3.05) is 13.2 Å². The number of hydroxylamine groups is 1. The molecule has 1 aliphatic carbocycles. The second-order valence-corrected chi connectivity index (χ2v) is 7.46. The maximum absolute atomic E-state index is 5.89. The average Bonchev–Trinajstić information content (AvgIpc) is 3.24. The topological polar surface area (TPSA) is 39.7 Å². The summed E-state index contributed by atoms with van der Waals surface area (Å²) >= 11 is 0. The Balaban J connectivity index is 1.45. The van der Waals surface area contributed by atoms with E-state index in [0.717, 1.165) is 36.9 Å². The molecule has 2 spiro atoms. The fourth-order valence-electron chi connectivity index (χ4n) is 3.74. The van der Waals surface area contributed by atoms with E-state index in [1.165, 1.54) is 5.56 Å². The Morgan fingerprint density at radius 1 is 1.04 bits per heavy atom. The lowest BCUT2D eigenvalue weighted by Crippen LogP contribution is -2.43. The molecule has 1 saturated heterocycles. The molecule has 1 N–H and O–H groups in total. The van der Waals surface area contributed by atoms with Crippen LogP contribution in [0.1, 0.15) is 56.6 Å². The van der Waals surface area contributed by atoms with Crippen molar-refractivity contribution in [1.82, 2.24) is 5.48 Å². The van der Waals surface area contributed by atoms with Crippen LogP contribution in [0.5, 0.6) is 0 Å². The van der Waals surface area contributed by atoms with Crippen LogP contribution < -0.4 is 5.48 Å². The molecule has 4 heteroatoms. The molecule has 3 aliphatic rings. The van der Waals surface area contributed by atoms with Gasteiger partial charge in [0.2, 0.25) is 0 Å². The lowest BCUT2D eigenvalue weighted by molar-refractivity contribution is -0.205. The Morgan fingerprint density at radius 3 is 2.52 bits per heavy atom. The van der Waals surface area contributed by atoms with Gasteiger partial charge in [-0.2, -0.15) is 0 Å². The lowest BCUT2D eigenvalue weighted by Gasteiger charge is -2.39. The second-order valence-electron chi connectivity index (χ2n) is 7.46. The van der Waals surface area contributed by atoms with E-state index in [4.69, 9.17) is 14.3 Å². The first-order valence-electron chi connectivity index (χ1n) is 9.15. The molecule has 1 aromatic carbocycles. The van der Waals surface area contributed by atoms with Crippen molar-refractivity contribution >= 4 is 0 Å². The smallest absolute Gasteiger partial charge is 0.168 e. The van der Waals surface area contributed by atoms with Gasteiger partial charge in [0.25, 0.3) is 0 Å². The van der Waals surface area contributed by atoms with Crippen molar-refractivity contribution in [2.45, 2.75) is 56.8 Å². The van der Waals surface area contributed by atoms with Crippen molar-refractivity contribution in [1.29, 1.82) is 0 Å². The van der Waals surface area contributed by atoms with Gasteiger partial charge in [-0.1, -0.05) is 31.9 Å². The maximum atomic E-state index is 5.89. The minimum absolute atomic E-state index is 0.273. The van der Waals surface area contributed by atoms with Crippen LogP contribution in [0.25, 0.3) is 0 Å². The Hall–Kier alpha value is -1.80. The zero-order valence-electron chi connectivity index (χ0n) is 14.9. The summed E-state index contributed by atoms with van der Waals surface area (Å²) in [5.41, 5.74) is 5.92. The van der Waals surface area contributed by atoms with Crippen LogP contribution in [-0.4, -0.2) is 24.6 Å². The van der Waals surface area contributed by atoms with Crippen LogP contribution in [0.15, 0.2) is 36.0 Å². The molecule has 25 heavy (non-hydrogen) atoms. The lowest BCUT2D eigenvalue weighted by atomic mass is 9.81. The SMILES string of the molecule is CC(C)c1cccc(C#CC2=CC3(CCC4(CC3)OCCO4)ON2)c1. The van der Waals surface area contributed by atoms with Crippen molar-refractivity contribution < 1.29 is 14.3 Å². The molecule has 2 aliphatic heterocycles. The van der Waals surface area contributed by atoms with Gasteiger partial charge in [0.15, 0.2) is 5.79 Å². The monoisotopic (exact) mass is 339 g/mol. The molecule has 0 radical (unpaired) electrons. The third kappa shape index (κ3) is 3.46. The van der Waals surface area contributed by atoms with E-state index in [-0.39, 0.29) is 11.4 Å². The van der Waals surface area contributed by atoms with Crippen LogP contribution >= 0.6 is 0 Å². The molecule has 2 fully saturated rings. The zero-order chi connectivity index (χ0) is 17.3. The van der Waals surface area contributed by atoms with Crippen LogP contribution in [0.3, 0.4) is 0 Å². The molecule has 4 rings (SSSR count). The van der Waals surface area contributed by atoms with E-state index in [9.17, 15) is 0 Å². The van der Waals surface area contributed by atoms with Gasteiger partial charge < -0.3 is 9.47 Å². The number of nitrogens with one attached hydrogen (secondary N) is 1. The molecule has 2 heterocycles. The van der Waals surface area contributed by atoms with E-state index in [0.29, 0.717) is 19.1 Å². The molecule has 4 nitrogen and oxygen atoms in total. The van der Waals surface area contributed by atoms with Gasteiger partial charge in [0, 0.05) is 18.4 Å². The molecule has 1 aromatic rings. The molecule has 0 unspecified atom stereocenters. The van der Waals surface area contributed by atoms with Crippen molar-refractivity contribution in [3.05, 3.63) is 47.2 Å². The van der Waals surface area contributed by atoms with Crippen molar-refractivity contribution in [3.8, 4) is 11.8 Å². The van der Waals surface area contributed by atoms with Gasteiger partial charge in [0.05, 0.1) is 13.2 Å². The number of benzene rings is 1. The maximum Gasteiger partial charge on any atom is 0.168 e. The number of allylic oxidation sites excluding steroid dienone is 1. The Bertz CT molecular complexity index is 725. The highest BCUT2D eigenvalue weighted by Crippen LogP contribution is 2.43. The predicted octanol–water partition coefficient (Wildman–Crippen LogP) is 3.64. The summed E-state index contributed by atoms with van der Waals surface area (Å²) in [5.74, 6) is 6.59. The summed E-state index contributed by atoms with van der Waals surface area (Å²) < 4.78 is 11.6. The van der Waals surface area contributed by atoms with Crippen LogP contribution in [-0.2, 0) is 14.3 Å². The summed E-state index contributed by atoms with van der Waals surface area (Å²) in [7, 11) is 0. The quantitative estimate of drug-likeness (QED) is 0.793. The molecule has 1 saturated carbocycles. The standard InChI is InChI=1S/C21H25NO3/c1-16(2)18-5-3-4-17(14-18)6-7-19-15-20(25-22-19)8-10-21(11-9-20)23-12-13-24-21/h3-5,14-16,22H,8-13H2,1-2H3. The first-order valence-corrected chi connectivity index (χ1v) is 9.15. The first kappa shape index (κ1) is 16.7. The molecule has 132 valence electrons. The number of ether oxygens (including phenoxy) is 2. The Kier molecular flexibility index (Phi) is 4.33. The molecular formula is C21H25NO3. The largest absolute Gasteiger partial charge is 0.348 e. The molecule has 0 aromatic heterocycles. The van der Waals surface area contributed by atoms with Gasteiger partial charge in [-0.3, -0.25) is 10.3 Å². The van der Waals surface area contributed by atoms with Gasteiger partial charge in [0.1, 0.15) is 11.3 Å². The van der Waals surface area contributed by atoms with Gasteiger partial charge in [-0.05, 0) is 48.5 Å². The summed E-state index contributed by atoms with van der Waals surface area (Å²) in [5, 5.41) is 0. The van der Waals surface area contributed by atoms with E-state index in [1.807, 2.05) is 6.07 Å². The summed E-state index contributed by atoms with van der Waals surface area (Å²) in [6, 6.07) is 8.41. The number of hydrogen-bond donors (Lipinski definition) is 1. The zero-order valence-corrected chi connectivity index (χ0v) is 14.9. The first-order chi connectivity index (χ1) is 12.1. The van der Waals surface area contributed by atoms with Crippen LogP contribution in [0.4, 0.5) is 0 Å². The van der Waals surface area contributed by atoms with E-state index < -0.39 is 0 Å². The van der Waals surface area contributed by atoms with Gasteiger partial charge >= 0.3 is 0 Å². The van der Waals surface area contributed by atoms with E-state index in [1.54, 1.807) is 0 Å². The highest BCUT2D eigenvalue weighted by molar-refractivity contribution is 5.43. The minimum Gasteiger partial charge on any atom is -0.348 e.